The average Bonchev–Trinajstić information content (AvgIpc) is 2.53. The fourth-order valence-electron chi connectivity index (χ4n) is 1.52. The van der Waals surface area contributed by atoms with E-state index in [0.29, 0.717) is 12.2 Å². The Bertz CT molecular complexity index is 516. The molecule has 7 heteroatoms. The van der Waals surface area contributed by atoms with E-state index in [-0.39, 0.29) is 0 Å². The van der Waals surface area contributed by atoms with Crippen molar-refractivity contribution < 1.29 is 28.6 Å². The Hall–Kier alpha value is -2.57. The number of carbonyl (C=O) groups is 3. The van der Waals surface area contributed by atoms with Crippen molar-refractivity contribution in [3.05, 3.63) is 30.3 Å². The van der Waals surface area contributed by atoms with Gasteiger partial charge in [0, 0.05) is 0 Å². The molecule has 0 spiro atoms. The third-order valence-corrected chi connectivity index (χ3v) is 2.73. The first-order valence-corrected chi connectivity index (χ1v) is 6.79. The topological polar surface area (TPSA) is 90.9 Å². The van der Waals surface area contributed by atoms with Crippen molar-refractivity contribution >= 4 is 18.0 Å². The number of methoxy groups -OCH3 is 1. The van der Waals surface area contributed by atoms with E-state index in [1.807, 2.05) is 11.4 Å². The maximum absolute atomic E-state index is 12.0. The van der Waals surface area contributed by atoms with E-state index in [9.17, 15) is 14.4 Å². The second-order valence-corrected chi connectivity index (χ2v) is 4.39. The van der Waals surface area contributed by atoms with Crippen LogP contribution >= 0.6 is 0 Å². The lowest BCUT2D eigenvalue weighted by molar-refractivity contribution is -0.161. The van der Waals surface area contributed by atoms with Crippen LogP contribution in [0.4, 0.5) is 4.79 Å². The smallest absolute Gasteiger partial charge is 0.413 e. The molecule has 0 radical (unpaired) electrons. The highest BCUT2D eigenvalue weighted by molar-refractivity contribution is 5.95. The van der Waals surface area contributed by atoms with Crippen LogP contribution in [0.1, 0.15) is 20.3 Å². The summed E-state index contributed by atoms with van der Waals surface area (Å²) in [7, 11) is 1.13. The van der Waals surface area contributed by atoms with Crippen molar-refractivity contribution in [2.45, 2.75) is 32.5 Å². The Kier molecular flexibility index (Phi) is 6.88. The Morgan fingerprint density at radius 2 is 1.82 bits per heavy atom. The Morgan fingerprint density at radius 1 is 1.18 bits per heavy atom. The van der Waals surface area contributed by atoms with E-state index in [4.69, 9.17) is 9.47 Å². The minimum Gasteiger partial charge on any atom is -0.479 e. The van der Waals surface area contributed by atoms with Crippen LogP contribution in [0.3, 0.4) is 0 Å². The second-order valence-electron chi connectivity index (χ2n) is 4.39. The van der Waals surface area contributed by atoms with Gasteiger partial charge in [0.1, 0.15) is 5.75 Å². The largest absolute Gasteiger partial charge is 0.479 e. The molecule has 0 bridgehead atoms. The normalized spacial score (nSPS) is 12.7. The number of para-hydroxylation sites is 1. The molecule has 22 heavy (non-hydrogen) atoms. The van der Waals surface area contributed by atoms with Crippen molar-refractivity contribution in [1.29, 1.82) is 0 Å². The first-order chi connectivity index (χ1) is 10.5. The van der Waals surface area contributed by atoms with Crippen molar-refractivity contribution in [1.82, 2.24) is 5.32 Å². The second kappa shape index (κ2) is 8.66. The highest BCUT2D eigenvalue weighted by atomic mass is 16.6. The third kappa shape index (κ3) is 5.43. The van der Waals surface area contributed by atoms with Crippen LogP contribution in [0.5, 0.6) is 5.75 Å². The minimum absolute atomic E-state index is 0.374. The summed E-state index contributed by atoms with van der Waals surface area (Å²) in [6, 6.07) is 8.80. The van der Waals surface area contributed by atoms with E-state index in [0.717, 1.165) is 7.11 Å². The molecular weight excluding hydrogens is 290 g/mol. The molecule has 0 heterocycles. The molecule has 2 amide bonds. The van der Waals surface area contributed by atoms with Crippen LogP contribution in [0.2, 0.25) is 0 Å². The average molecular weight is 309 g/mol. The highest BCUT2D eigenvalue weighted by Gasteiger charge is 2.26. The predicted molar refractivity (Wildman–Crippen MR) is 77.3 cm³/mol. The molecule has 0 aliphatic carbocycles. The fraction of sp³-hybridized carbons (Fsp3) is 0.400. The monoisotopic (exact) mass is 309 g/mol. The van der Waals surface area contributed by atoms with Gasteiger partial charge in [-0.2, -0.15) is 0 Å². The third-order valence-electron chi connectivity index (χ3n) is 2.73. The molecule has 0 saturated carbocycles. The fourth-order valence-corrected chi connectivity index (χ4v) is 1.52. The number of imide groups is 1. The van der Waals surface area contributed by atoms with Gasteiger partial charge in [-0.1, -0.05) is 25.1 Å². The number of esters is 1. The SMILES string of the molecule is CC[C@H](Oc1ccccc1)C(=O)O[C@@H](C)C(=O)NC(=O)OC. The quantitative estimate of drug-likeness (QED) is 0.804. The maximum Gasteiger partial charge on any atom is 0.413 e. The van der Waals surface area contributed by atoms with Crippen molar-refractivity contribution in [3.8, 4) is 5.75 Å². The maximum atomic E-state index is 12.0. The summed E-state index contributed by atoms with van der Waals surface area (Å²) in [4.78, 5) is 34.5. The molecular formula is C15H19NO6. The van der Waals surface area contributed by atoms with Gasteiger partial charge >= 0.3 is 12.1 Å². The summed E-state index contributed by atoms with van der Waals surface area (Å²) >= 11 is 0. The first kappa shape index (κ1) is 17.5. The van der Waals surface area contributed by atoms with Crippen LogP contribution < -0.4 is 10.1 Å². The van der Waals surface area contributed by atoms with Gasteiger partial charge in [-0.3, -0.25) is 10.1 Å². The standard InChI is InChI=1S/C15H19NO6/c1-4-12(22-11-8-6-5-7-9-11)14(18)21-10(2)13(17)16-15(19)20-3/h5-10,12H,4H2,1-3H3,(H,16,17,19)/t10-,12-/m0/s1. The lowest BCUT2D eigenvalue weighted by Gasteiger charge is -2.19. The zero-order valence-electron chi connectivity index (χ0n) is 12.7. The van der Waals surface area contributed by atoms with Gasteiger partial charge in [-0.05, 0) is 25.5 Å². The zero-order chi connectivity index (χ0) is 16.5. The molecule has 0 saturated heterocycles. The van der Waals surface area contributed by atoms with Gasteiger partial charge in [0.2, 0.25) is 0 Å². The molecule has 2 atom stereocenters. The lowest BCUT2D eigenvalue weighted by atomic mass is 10.2. The summed E-state index contributed by atoms with van der Waals surface area (Å²) < 4.78 is 14.8. The number of benzene rings is 1. The molecule has 1 aromatic rings. The molecule has 120 valence electrons. The van der Waals surface area contributed by atoms with Gasteiger partial charge in [-0.25, -0.2) is 9.59 Å². The molecule has 0 unspecified atom stereocenters. The van der Waals surface area contributed by atoms with Crippen molar-refractivity contribution in [3.63, 3.8) is 0 Å². The number of alkyl carbamates (subject to hydrolysis) is 1. The molecule has 0 fully saturated rings. The van der Waals surface area contributed by atoms with E-state index in [2.05, 4.69) is 4.74 Å². The zero-order valence-corrected chi connectivity index (χ0v) is 12.7. The van der Waals surface area contributed by atoms with Gasteiger partial charge in [0.25, 0.3) is 5.91 Å². The van der Waals surface area contributed by atoms with E-state index in [1.54, 1.807) is 31.2 Å². The molecule has 1 aromatic carbocycles. The number of ether oxygens (including phenoxy) is 3. The summed E-state index contributed by atoms with van der Waals surface area (Å²) in [5.74, 6) is -0.924. The van der Waals surface area contributed by atoms with Crippen LogP contribution in [-0.2, 0) is 19.1 Å². The molecule has 1 rings (SSSR count). The predicted octanol–water partition coefficient (Wildman–Crippen LogP) is 1.66. The summed E-state index contributed by atoms with van der Waals surface area (Å²) in [5.41, 5.74) is 0. The van der Waals surface area contributed by atoms with Crippen LogP contribution in [-0.4, -0.2) is 37.3 Å². The van der Waals surface area contributed by atoms with Crippen LogP contribution in [0, 0.1) is 0 Å². The number of hydrogen-bond acceptors (Lipinski definition) is 6. The van der Waals surface area contributed by atoms with Gasteiger partial charge in [-0.15, -0.1) is 0 Å². The van der Waals surface area contributed by atoms with E-state index < -0.39 is 30.2 Å². The van der Waals surface area contributed by atoms with Crippen molar-refractivity contribution in [2.75, 3.05) is 7.11 Å². The number of nitrogens with one attached hydrogen (secondary N) is 1. The lowest BCUT2D eigenvalue weighted by Crippen LogP contribution is -2.41. The number of amides is 2. The van der Waals surface area contributed by atoms with E-state index in [1.165, 1.54) is 6.92 Å². The number of rotatable bonds is 6. The summed E-state index contributed by atoms with van der Waals surface area (Å²) in [5, 5.41) is 1.92. The Balaban J connectivity index is 2.57. The summed E-state index contributed by atoms with van der Waals surface area (Å²) in [6.07, 6.45) is -2.52. The van der Waals surface area contributed by atoms with Gasteiger partial charge < -0.3 is 14.2 Å². The van der Waals surface area contributed by atoms with Gasteiger partial charge in [0.15, 0.2) is 12.2 Å². The first-order valence-electron chi connectivity index (χ1n) is 6.79. The minimum atomic E-state index is -1.14. The molecule has 0 aromatic heterocycles. The highest BCUT2D eigenvalue weighted by Crippen LogP contribution is 2.13. The molecule has 0 aliphatic heterocycles. The number of hydrogen-bond donors (Lipinski definition) is 1. The summed E-state index contributed by atoms with van der Waals surface area (Å²) in [6.45, 7) is 3.11. The number of carbonyl (C=O) groups excluding carboxylic acids is 3. The Labute approximate surface area is 128 Å². The van der Waals surface area contributed by atoms with E-state index >= 15 is 0 Å². The molecule has 1 N–H and O–H groups in total. The van der Waals surface area contributed by atoms with Crippen LogP contribution in [0.25, 0.3) is 0 Å². The van der Waals surface area contributed by atoms with Gasteiger partial charge in [0.05, 0.1) is 7.11 Å². The molecule has 7 nitrogen and oxygen atoms in total. The van der Waals surface area contributed by atoms with Crippen molar-refractivity contribution in [2.24, 2.45) is 0 Å². The van der Waals surface area contributed by atoms with Crippen LogP contribution in [0.15, 0.2) is 30.3 Å². The Morgan fingerprint density at radius 3 is 2.36 bits per heavy atom. The molecule has 0 aliphatic rings.